The normalized spacial score (nSPS) is 23.3. The summed E-state index contributed by atoms with van der Waals surface area (Å²) in [5.74, 6) is -0.0804. The summed E-state index contributed by atoms with van der Waals surface area (Å²) in [6.07, 6.45) is 3.68. The van der Waals surface area contributed by atoms with Gasteiger partial charge >= 0.3 is 0 Å². The Hall–Kier alpha value is -2.85. The Labute approximate surface area is 189 Å². The number of hydrogen-bond acceptors (Lipinski definition) is 7. The van der Waals surface area contributed by atoms with Crippen LogP contribution in [-0.4, -0.2) is 56.7 Å². The van der Waals surface area contributed by atoms with Crippen LogP contribution in [0.1, 0.15) is 49.9 Å². The van der Waals surface area contributed by atoms with E-state index in [0.717, 1.165) is 42.5 Å². The van der Waals surface area contributed by atoms with Crippen LogP contribution >= 0.6 is 0 Å². The number of nitrogens with one attached hydrogen (secondary N) is 2. The predicted molar refractivity (Wildman–Crippen MR) is 125 cm³/mol. The quantitative estimate of drug-likeness (QED) is 0.193. The minimum Gasteiger partial charge on any atom is -0.396 e. The second-order valence-corrected chi connectivity index (χ2v) is 8.10. The van der Waals surface area contributed by atoms with E-state index in [4.69, 9.17) is 26.0 Å². The lowest BCUT2D eigenvalue weighted by atomic mass is 9.89. The van der Waals surface area contributed by atoms with Crippen LogP contribution in [0, 0.1) is 6.92 Å². The first-order valence-corrected chi connectivity index (χ1v) is 11.2. The van der Waals surface area contributed by atoms with Crippen molar-refractivity contribution in [2.45, 2.75) is 57.8 Å². The number of amidine groups is 1. The number of nitrogens with two attached hydrogens (primary N) is 2. The molecule has 176 valence electrons. The second-order valence-electron chi connectivity index (χ2n) is 8.10. The van der Waals surface area contributed by atoms with Crippen LogP contribution < -0.4 is 27.0 Å². The zero-order valence-corrected chi connectivity index (χ0v) is 19.1. The molecule has 10 heteroatoms. The van der Waals surface area contributed by atoms with Crippen LogP contribution in [0.4, 0.5) is 5.69 Å². The van der Waals surface area contributed by atoms with Gasteiger partial charge in [-0.1, -0.05) is 30.5 Å². The van der Waals surface area contributed by atoms with E-state index < -0.39 is 12.1 Å². The van der Waals surface area contributed by atoms with Crippen LogP contribution in [0.25, 0.3) is 0 Å². The van der Waals surface area contributed by atoms with E-state index in [1.807, 2.05) is 30.9 Å². The molecule has 1 aromatic carbocycles. The maximum Gasteiger partial charge on any atom is 0.284 e. The molecule has 3 rings (SSSR count). The van der Waals surface area contributed by atoms with Crippen molar-refractivity contribution in [2.24, 2.45) is 21.6 Å². The highest BCUT2D eigenvalue weighted by atomic mass is 16.6. The van der Waals surface area contributed by atoms with Gasteiger partial charge in [0.05, 0.1) is 6.61 Å². The molecule has 10 nitrogen and oxygen atoms in total. The lowest BCUT2D eigenvalue weighted by molar-refractivity contribution is -0.112. The first kappa shape index (κ1) is 23.8. The van der Waals surface area contributed by atoms with Crippen LogP contribution in [0.3, 0.4) is 0 Å². The van der Waals surface area contributed by atoms with E-state index in [-0.39, 0.29) is 23.9 Å². The smallest absolute Gasteiger partial charge is 0.284 e. The number of rotatable bonds is 9. The number of ether oxygens (including phenoxy) is 1. The number of oxime groups is 1. The molecular weight excluding hydrogens is 410 g/mol. The molecule has 3 atom stereocenters. The minimum absolute atomic E-state index is 0.0686. The van der Waals surface area contributed by atoms with E-state index in [9.17, 15) is 4.79 Å². The van der Waals surface area contributed by atoms with E-state index >= 15 is 0 Å². The van der Waals surface area contributed by atoms with Crippen LogP contribution in [0.2, 0.25) is 0 Å². The Morgan fingerprint density at radius 1 is 1.28 bits per heavy atom. The van der Waals surface area contributed by atoms with Gasteiger partial charge in [0.1, 0.15) is 13.3 Å². The summed E-state index contributed by atoms with van der Waals surface area (Å²) in [4.78, 5) is 23.7. The Morgan fingerprint density at radius 3 is 2.72 bits per heavy atom. The minimum atomic E-state index is -0.561. The molecule has 1 aromatic rings. The number of benzene rings is 1. The van der Waals surface area contributed by atoms with Crippen molar-refractivity contribution in [3.63, 3.8) is 0 Å². The number of nitrogens with zero attached hydrogens (tertiary/aromatic N) is 3. The van der Waals surface area contributed by atoms with Gasteiger partial charge < -0.3 is 31.3 Å². The number of anilines is 1. The van der Waals surface area contributed by atoms with Gasteiger partial charge in [-0.05, 0) is 37.9 Å². The van der Waals surface area contributed by atoms with Crippen molar-refractivity contribution in [1.82, 2.24) is 10.6 Å². The number of primary amides is 1. The zero-order chi connectivity index (χ0) is 23.1. The average Bonchev–Trinajstić information content (AvgIpc) is 2.76. The highest BCUT2D eigenvalue weighted by Gasteiger charge is 2.34. The first-order valence-electron chi connectivity index (χ1n) is 11.2. The van der Waals surface area contributed by atoms with Crippen molar-refractivity contribution < 1.29 is 14.4 Å². The number of hydrogen-bond donors (Lipinski definition) is 4. The summed E-state index contributed by atoms with van der Waals surface area (Å²) in [6.45, 7) is 5.56. The third-order valence-electron chi connectivity index (χ3n) is 5.82. The standard InChI is InChI=1S/C22H35N7O3/c1-4-32-12-11-29-18-10-9-14(2)13-15(18)20(27-21(29)19(23)30)25-16-7-5-6-8-17(16)26-22(24)28-31-3/h9-10,13,16-17,20,25H,4-8,11-12H2,1-3H3,(H2,23,30)(H3,24,26,28)/t16-,17+,20?/m0/s1. The van der Waals surface area contributed by atoms with Gasteiger partial charge in [0.2, 0.25) is 5.96 Å². The van der Waals surface area contributed by atoms with Gasteiger partial charge in [0, 0.05) is 36.5 Å². The van der Waals surface area contributed by atoms with Gasteiger partial charge in [-0.2, -0.15) is 0 Å². The number of fused-ring (bicyclic) bond motifs is 1. The third-order valence-corrected chi connectivity index (χ3v) is 5.82. The molecule has 1 heterocycles. The summed E-state index contributed by atoms with van der Waals surface area (Å²) in [5.41, 5.74) is 14.7. The maximum atomic E-state index is 12.3. The highest BCUT2D eigenvalue weighted by Crippen LogP contribution is 2.34. The van der Waals surface area contributed by atoms with Gasteiger partial charge in [-0.3, -0.25) is 10.1 Å². The predicted octanol–water partition coefficient (Wildman–Crippen LogP) is 1.10. The number of carbonyl (C=O) groups excluding carboxylic acids is 1. The molecule has 0 bridgehead atoms. The molecule has 1 unspecified atom stereocenters. The van der Waals surface area contributed by atoms with E-state index in [2.05, 4.69) is 21.9 Å². The SMILES string of the molecule is CCOCCN1C(C(N)=O)=NC(N[C@H]2CCCC[C@H]2NC(N)=NOC)c2cc(C)ccc21. The van der Waals surface area contributed by atoms with Crippen molar-refractivity contribution in [2.75, 3.05) is 31.8 Å². The van der Waals surface area contributed by atoms with E-state index in [1.165, 1.54) is 7.11 Å². The number of aryl methyl sites for hydroxylation is 1. The van der Waals surface area contributed by atoms with Crippen molar-refractivity contribution in [3.05, 3.63) is 29.3 Å². The Morgan fingerprint density at radius 2 is 2.03 bits per heavy atom. The molecule has 6 N–H and O–H groups in total. The molecule has 0 spiro atoms. The third kappa shape index (κ3) is 5.68. The largest absolute Gasteiger partial charge is 0.396 e. The van der Waals surface area contributed by atoms with Gasteiger partial charge in [-0.15, -0.1) is 0 Å². The van der Waals surface area contributed by atoms with Crippen LogP contribution in [-0.2, 0) is 14.4 Å². The molecule has 0 aromatic heterocycles. The molecule has 1 aliphatic heterocycles. The molecule has 32 heavy (non-hydrogen) atoms. The topological polar surface area (TPSA) is 140 Å². The molecule has 0 saturated heterocycles. The Bertz CT molecular complexity index is 858. The molecule has 1 aliphatic carbocycles. The summed E-state index contributed by atoms with van der Waals surface area (Å²) < 4.78 is 5.52. The summed E-state index contributed by atoms with van der Waals surface area (Å²) in [5, 5.41) is 10.7. The molecular formula is C22H35N7O3. The average molecular weight is 446 g/mol. The fourth-order valence-corrected chi connectivity index (χ4v) is 4.39. The summed E-state index contributed by atoms with van der Waals surface area (Å²) in [7, 11) is 1.46. The van der Waals surface area contributed by atoms with Crippen LogP contribution in [0.5, 0.6) is 0 Å². The Kier molecular flexibility index (Phi) is 8.29. The Balaban J connectivity index is 1.90. The second kappa shape index (κ2) is 11.1. The van der Waals surface area contributed by atoms with E-state index in [0.29, 0.717) is 19.8 Å². The van der Waals surface area contributed by atoms with Crippen molar-refractivity contribution >= 4 is 23.4 Å². The number of carbonyl (C=O) groups is 1. The monoisotopic (exact) mass is 445 g/mol. The lowest BCUT2D eigenvalue weighted by Crippen LogP contribution is -2.55. The van der Waals surface area contributed by atoms with Gasteiger partial charge in [0.15, 0.2) is 5.84 Å². The van der Waals surface area contributed by atoms with Gasteiger partial charge in [0.25, 0.3) is 5.91 Å². The van der Waals surface area contributed by atoms with Crippen molar-refractivity contribution in [3.8, 4) is 0 Å². The molecule has 1 fully saturated rings. The molecule has 1 amide bonds. The number of amides is 1. The maximum absolute atomic E-state index is 12.3. The fourth-order valence-electron chi connectivity index (χ4n) is 4.39. The first-order chi connectivity index (χ1) is 15.4. The number of guanidine groups is 1. The molecule has 0 radical (unpaired) electrons. The summed E-state index contributed by atoms with van der Waals surface area (Å²) in [6, 6.07) is 6.30. The molecule has 2 aliphatic rings. The van der Waals surface area contributed by atoms with E-state index in [1.54, 1.807) is 0 Å². The van der Waals surface area contributed by atoms with Crippen molar-refractivity contribution in [1.29, 1.82) is 0 Å². The van der Waals surface area contributed by atoms with Crippen LogP contribution in [0.15, 0.2) is 28.3 Å². The fraction of sp³-hybridized carbons (Fsp3) is 0.591. The van der Waals surface area contributed by atoms with Gasteiger partial charge in [-0.25, -0.2) is 4.99 Å². The summed E-state index contributed by atoms with van der Waals surface area (Å²) >= 11 is 0. The highest BCUT2D eigenvalue weighted by molar-refractivity contribution is 6.43. The zero-order valence-electron chi connectivity index (χ0n) is 19.1. The number of aliphatic imine (C=N–C) groups is 1. The lowest BCUT2D eigenvalue weighted by Gasteiger charge is -2.38. The molecule has 1 saturated carbocycles.